The number of hydrogen-bond donors (Lipinski definition) is 2. The third-order valence-corrected chi connectivity index (χ3v) is 9.22. The fourth-order valence-corrected chi connectivity index (χ4v) is 6.49. The first-order chi connectivity index (χ1) is 21.7. The van der Waals surface area contributed by atoms with Gasteiger partial charge in [-0.25, -0.2) is 10.0 Å². The van der Waals surface area contributed by atoms with Crippen molar-refractivity contribution in [1.82, 2.24) is 14.9 Å². The molecule has 1 aromatic heterocycles. The molecule has 3 aliphatic rings. The number of aromatic nitrogens is 2. The van der Waals surface area contributed by atoms with E-state index < -0.39 is 0 Å². The van der Waals surface area contributed by atoms with Crippen molar-refractivity contribution in [3.05, 3.63) is 64.8 Å². The Hall–Kier alpha value is -3.02. The number of hydrogen-bond acceptors (Lipinski definition) is 10. The summed E-state index contributed by atoms with van der Waals surface area (Å²) in [4.78, 5) is 11.7. The molecule has 0 amide bonds. The molecule has 11 heteroatoms. The summed E-state index contributed by atoms with van der Waals surface area (Å²) in [5.74, 6) is 2.38. The van der Waals surface area contributed by atoms with Crippen LogP contribution in [-0.2, 0) is 4.74 Å². The van der Waals surface area contributed by atoms with E-state index in [0.29, 0.717) is 23.5 Å². The van der Waals surface area contributed by atoms with Crippen molar-refractivity contribution in [3.63, 3.8) is 0 Å². The summed E-state index contributed by atoms with van der Waals surface area (Å²) in [7, 11) is 0. The molecule has 1 aliphatic carbocycles. The third-order valence-electron chi connectivity index (χ3n) is 8.29. The largest absolute Gasteiger partial charge is 0.489 e. The summed E-state index contributed by atoms with van der Waals surface area (Å²) in [6.07, 6.45) is 7.48. The van der Waals surface area contributed by atoms with Gasteiger partial charge in [0.1, 0.15) is 16.5 Å². The highest BCUT2D eigenvalue weighted by atomic mass is 35.5. The summed E-state index contributed by atoms with van der Waals surface area (Å²) < 4.78 is 17.7. The van der Waals surface area contributed by atoms with Crippen molar-refractivity contribution in [2.75, 3.05) is 30.1 Å². The predicted octanol–water partition coefficient (Wildman–Crippen LogP) is 8.20. The molecule has 2 fully saturated rings. The van der Waals surface area contributed by atoms with Crippen LogP contribution in [-0.4, -0.2) is 63.3 Å². The molecule has 2 aromatic carbocycles. The Morgan fingerprint density at radius 1 is 1.13 bits per heavy atom. The van der Waals surface area contributed by atoms with Crippen LogP contribution in [0.4, 0.5) is 23.1 Å². The Labute approximate surface area is 275 Å². The zero-order valence-electron chi connectivity index (χ0n) is 26.5. The Morgan fingerprint density at radius 3 is 2.60 bits per heavy atom. The van der Waals surface area contributed by atoms with Gasteiger partial charge in [-0.1, -0.05) is 43.7 Å². The Bertz CT molecular complexity index is 1540. The molecule has 1 saturated carbocycles. The summed E-state index contributed by atoms with van der Waals surface area (Å²) >= 11 is 7.80. The molecule has 2 N–H and O–H groups in total. The lowest BCUT2D eigenvalue weighted by Gasteiger charge is -2.44. The van der Waals surface area contributed by atoms with Crippen LogP contribution in [0.3, 0.4) is 0 Å². The number of nitrogens with zero attached hydrogens (tertiary/aromatic N) is 4. The molecule has 2 aliphatic heterocycles. The SMILES string of the molecule is Cc1cc(Nc2ncc(Cl)c(N(O)c3ccccc3OSC(C)C)n2)c(OC(C)C)cc1C1=CCN(C2COC2)C(C2CC2)C1. The van der Waals surface area contributed by atoms with Crippen molar-refractivity contribution in [2.24, 2.45) is 5.92 Å². The van der Waals surface area contributed by atoms with Gasteiger partial charge < -0.3 is 19.0 Å². The number of aryl methyl sites for hydroxylation is 1. The Kier molecular flexibility index (Phi) is 9.77. The van der Waals surface area contributed by atoms with Crippen LogP contribution in [0.5, 0.6) is 11.5 Å². The number of anilines is 4. The van der Waals surface area contributed by atoms with Crippen LogP contribution < -0.4 is 19.3 Å². The van der Waals surface area contributed by atoms with Crippen LogP contribution >= 0.6 is 23.6 Å². The topological polar surface area (TPSA) is 92.2 Å². The van der Waals surface area contributed by atoms with Crippen LogP contribution in [0, 0.1) is 12.8 Å². The predicted molar refractivity (Wildman–Crippen MR) is 181 cm³/mol. The van der Waals surface area contributed by atoms with Crippen molar-refractivity contribution in [2.45, 2.75) is 77.3 Å². The molecule has 0 bridgehead atoms. The molecule has 1 unspecified atom stereocenters. The van der Waals surface area contributed by atoms with Crippen LogP contribution in [0.1, 0.15) is 58.1 Å². The summed E-state index contributed by atoms with van der Waals surface area (Å²) in [6.45, 7) is 12.9. The molecule has 3 heterocycles. The lowest BCUT2D eigenvalue weighted by molar-refractivity contribution is -0.0788. The minimum Gasteiger partial charge on any atom is -0.489 e. The number of rotatable bonds is 12. The normalized spacial score (nSPS) is 19.0. The number of halogens is 1. The molecule has 240 valence electrons. The third kappa shape index (κ3) is 7.36. The van der Waals surface area contributed by atoms with Crippen LogP contribution in [0.15, 0.2) is 48.7 Å². The minimum atomic E-state index is -0.0374. The maximum atomic E-state index is 11.2. The number of nitrogens with one attached hydrogen (secondary N) is 1. The van der Waals surface area contributed by atoms with E-state index in [4.69, 9.17) is 25.3 Å². The second-order valence-electron chi connectivity index (χ2n) is 12.6. The van der Waals surface area contributed by atoms with Crippen LogP contribution in [0.2, 0.25) is 5.02 Å². The van der Waals surface area contributed by atoms with E-state index >= 15 is 0 Å². The lowest BCUT2D eigenvalue weighted by Crippen LogP contribution is -2.55. The zero-order chi connectivity index (χ0) is 31.7. The number of ether oxygens (including phenoxy) is 2. The number of benzene rings is 2. The molecule has 1 saturated heterocycles. The molecule has 9 nitrogen and oxygen atoms in total. The van der Waals surface area contributed by atoms with E-state index in [1.165, 1.54) is 42.2 Å². The van der Waals surface area contributed by atoms with Crippen molar-refractivity contribution in [3.8, 4) is 11.5 Å². The van der Waals surface area contributed by atoms with Gasteiger partial charge in [0.25, 0.3) is 0 Å². The zero-order valence-corrected chi connectivity index (χ0v) is 28.1. The highest BCUT2D eigenvalue weighted by molar-refractivity contribution is 7.95. The maximum Gasteiger partial charge on any atom is 0.229 e. The monoisotopic (exact) mass is 651 g/mol. The maximum absolute atomic E-state index is 11.2. The van der Waals surface area contributed by atoms with Gasteiger partial charge in [-0.3, -0.25) is 10.1 Å². The van der Waals surface area contributed by atoms with Crippen LogP contribution in [0.25, 0.3) is 5.57 Å². The van der Waals surface area contributed by atoms with Gasteiger partial charge in [0.05, 0.1) is 49.3 Å². The van der Waals surface area contributed by atoms with Gasteiger partial charge in [-0.2, -0.15) is 4.98 Å². The molecule has 6 rings (SSSR count). The Morgan fingerprint density at radius 2 is 1.91 bits per heavy atom. The van der Waals surface area contributed by atoms with Gasteiger partial charge in [-0.15, -0.1) is 0 Å². The first kappa shape index (κ1) is 31.9. The van der Waals surface area contributed by atoms with E-state index in [2.05, 4.69) is 45.3 Å². The van der Waals surface area contributed by atoms with E-state index in [1.807, 2.05) is 39.8 Å². The van der Waals surface area contributed by atoms with Gasteiger partial charge in [0.15, 0.2) is 11.6 Å². The highest BCUT2D eigenvalue weighted by Gasteiger charge is 2.41. The molecular formula is C34H42ClN5O4S. The Balaban J connectivity index is 1.27. The molecule has 3 aromatic rings. The first-order valence-corrected chi connectivity index (χ1v) is 16.9. The average molecular weight is 652 g/mol. The summed E-state index contributed by atoms with van der Waals surface area (Å²) in [5, 5.41) is 15.9. The fourth-order valence-electron chi connectivity index (χ4n) is 5.89. The minimum absolute atomic E-state index is 0.0374. The van der Waals surface area contributed by atoms with Crippen molar-refractivity contribution >= 4 is 52.4 Å². The second kappa shape index (κ2) is 13.8. The highest BCUT2D eigenvalue weighted by Crippen LogP contribution is 2.45. The first-order valence-electron chi connectivity index (χ1n) is 15.7. The van der Waals surface area contributed by atoms with E-state index in [1.54, 1.807) is 12.1 Å². The molecule has 45 heavy (non-hydrogen) atoms. The summed E-state index contributed by atoms with van der Waals surface area (Å²) in [6, 6.07) is 12.5. The van der Waals surface area contributed by atoms with Crippen molar-refractivity contribution < 1.29 is 18.9 Å². The van der Waals surface area contributed by atoms with Gasteiger partial charge in [0, 0.05) is 17.8 Å². The molecule has 0 radical (unpaired) electrons. The second-order valence-corrected chi connectivity index (χ2v) is 14.3. The quantitative estimate of drug-likeness (QED) is 0.147. The molecule has 0 spiro atoms. The standard InChI is InChI=1S/C34H42ClN5O4S/c1-20(2)43-32-16-26(24-12-13-39(25-18-42-19-25)30(15-24)23-10-11-23)22(5)14-28(32)37-34-36-17-27(35)33(38-34)40(41)29-8-6-7-9-31(29)44-45-21(3)4/h6-9,12,14,16-17,20-21,23,25,30,41H,10-11,13,15,18-19H2,1-5H3,(H,36,37,38). The number of para-hydroxylation sites is 2. The smallest absolute Gasteiger partial charge is 0.229 e. The summed E-state index contributed by atoms with van der Waals surface area (Å²) in [5.41, 5.74) is 4.87. The van der Waals surface area contributed by atoms with E-state index in [9.17, 15) is 5.21 Å². The lowest BCUT2D eigenvalue weighted by atomic mass is 9.88. The van der Waals surface area contributed by atoms with Crippen molar-refractivity contribution in [1.29, 1.82) is 0 Å². The molecular weight excluding hydrogens is 610 g/mol. The van der Waals surface area contributed by atoms with Gasteiger partial charge in [-0.05, 0) is 86.9 Å². The van der Waals surface area contributed by atoms with Gasteiger partial charge >= 0.3 is 0 Å². The molecule has 1 atom stereocenters. The van der Waals surface area contributed by atoms with E-state index in [0.717, 1.165) is 54.2 Å². The van der Waals surface area contributed by atoms with E-state index in [-0.39, 0.29) is 28.1 Å². The van der Waals surface area contributed by atoms with Gasteiger partial charge in [0.2, 0.25) is 5.95 Å². The average Bonchev–Trinajstić information content (AvgIpc) is 3.83. The fraction of sp³-hybridized carbons (Fsp3) is 0.471.